The van der Waals surface area contributed by atoms with Crippen molar-refractivity contribution in [1.29, 1.82) is 0 Å². The fourth-order valence-electron chi connectivity index (χ4n) is 2.48. The molecule has 0 spiro atoms. The van der Waals surface area contributed by atoms with Gasteiger partial charge in [0.15, 0.2) is 5.16 Å². The molecule has 1 aliphatic rings. The van der Waals surface area contributed by atoms with Crippen LogP contribution in [0.2, 0.25) is 5.02 Å². The molecule has 1 atom stereocenters. The van der Waals surface area contributed by atoms with Gasteiger partial charge in [-0.2, -0.15) is 0 Å². The lowest BCUT2D eigenvalue weighted by Gasteiger charge is -2.13. The summed E-state index contributed by atoms with van der Waals surface area (Å²) < 4.78 is 7.70. The molecule has 1 saturated heterocycles. The van der Waals surface area contributed by atoms with E-state index in [1.807, 2.05) is 16.7 Å². The van der Waals surface area contributed by atoms with Crippen molar-refractivity contribution in [3.05, 3.63) is 23.2 Å². The Balaban J connectivity index is 1.96. The Hall–Kier alpha value is -1.24. The Morgan fingerprint density at radius 2 is 2.43 bits per heavy atom. The Morgan fingerprint density at radius 1 is 1.57 bits per heavy atom. The lowest BCUT2D eigenvalue weighted by molar-refractivity contribution is -0.133. The smallest absolute Gasteiger partial charge is 0.313 e. The van der Waals surface area contributed by atoms with Crippen LogP contribution in [0.1, 0.15) is 12.8 Å². The second kappa shape index (κ2) is 6.25. The fraction of sp³-hybridized carbons (Fsp3) is 0.429. The molecule has 1 fully saturated rings. The number of rotatable bonds is 5. The number of nitrogens with zero attached hydrogens (tertiary/aromatic N) is 2. The highest BCUT2D eigenvalue weighted by molar-refractivity contribution is 7.99. The van der Waals surface area contributed by atoms with Crippen LogP contribution in [0.25, 0.3) is 11.0 Å². The lowest BCUT2D eigenvalue weighted by atomic mass is 10.2. The predicted molar refractivity (Wildman–Crippen MR) is 82.1 cm³/mol. The molecule has 5 nitrogen and oxygen atoms in total. The number of carbonyl (C=O) groups is 1. The number of hydrogen-bond donors (Lipinski definition) is 1. The number of aromatic nitrogens is 2. The summed E-state index contributed by atoms with van der Waals surface area (Å²) in [4.78, 5) is 15.3. The molecule has 0 amide bonds. The minimum Gasteiger partial charge on any atom is -0.481 e. The maximum Gasteiger partial charge on any atom is 0.313 e. The molecule has 1 aliphatic heterocycles. The van der Waals surface area contributed by atoms with Gasteiger partial charge < -0.3 is 14.4 Å². The van der Waals surface area contributed by atoms with Gasteiger partial charge in [0, 0.05) is 11.6 Å². The van der Waals surface area contributed by atoms with Crippen LogP contribution < -0.4 is 0 Å². The van der Waals surface area contributed by atoms with Gasteiger partial charge in [0.1, 0.15) is 0 Å². The van der Waals surface area contributed by atoms with Crippen molar-refractivity contribution in [2.24, 2.45) is 0 Å². The predicted octanol–water partition coefficient (Wildman–Crippen LogP) is 3.05. The van der Waals surface area contributed by atoms with E-state index in [1.165, 1.54) is 11.8 Å². The first-order valence-electron chi connectivity index (χ1n) is 6.75. The van der Waals surface area contributed by atoms with Crippen LogP contribution in [0, 0.1) is 0 Å². The molecule has 0 aliphatic carbocycles. The normalized spacial score (nSPS) is 18.4. The van der Waals surface area contributed by atoms with Crippen LogP contribution in [0.5, 0.6) is 0 Å². The number of ether oxygens (including phenoxy) is 1. The van der Waals surface area contributed by atoms with Gasteiger partial charge in [-0.3, -0.25) is 4.79 Å². The molecule has 21 heavy (non-hydrogen) atoms. The van der Waals surface area contributed by atoms with Crippen LogP contribution in [-0.2, 0) is 16.1 Å². The molecule has 0 radical (unpaired) electrons. The first-order valence-corrected chi connectivity index (χ1v) is 8.12. The van der Waals surface area contributed by atoms with Crippen molar-refractivity contribution in [1.82, 2.24) is 9.55 Å². The van der Waals surface area contributed by atoms with E-state index in [1.54, 1.807) is 6.07 Å². The van der Waals surface area contributed by atoms with E-state index in [-0.39, 0.29) is 11.9 Å². The highest BCUT2D eigenvalue weighted by atomic mass is 35.5. The van der Waals surface area contributed by atoms with Crippen molar-refractivity contribution in [3.63, 3.8) is 0 Å². The summed E-state index contributed by atoms with van der Waals surface area (Å²) in [5, 5.41) is 10.2. The molecular weight excluding hydrogens is 312 g/mol. The number of imidazole rings is 1. The van der Waals surface area contributed by atoms with Crippen molar-refractivity contribution in [2.45, 2.75) is 30.6 Å². The quantitative estimate of drug-likeness (QED) is 0.856. The van der Waals surface area contributed by atoms with Crippen molar-refractivity contribution < 1.29 is 14.6 Å². The summed E-state index contributed by atoms with van der Waals surface area (Å²) in [6.45, 7) is 1.47. The summed E-state index contributed by atoms with van der Waals surface area (Å²) in [5.74, 6) is -0.864. The molecule has 7 heteroatoms. The maximum atomic E-state index is 10.8. The Morgan fingerprint density at radius 3 is 3.14 bits per heavy atom. The monoisotopic (exact) mass is 326 g/mol. The van der Waals surface area contributed by atoms with Crippen LogP contribution in [0.3, 0.4) is 0 Å². The molecule has 3 rings (SSSR count). The molecule has 0 bridgehead atoms. The summed E-state index contributed by atoms with van der Waals surface area (Å²) >= 11 is 7.29. The van der Waals surface area contributed by atoms with E-state index >= 15 is 0 Å². The summed E-state index contributed by atoms with van der Waals surface area (Å²) in [5.41, 5.74) is 1.75. The highest BCUT2D eigenvalue weighted by Gasteiger charge is 2.20. The largest absolute Gasteiger partial charge is 0.481 e. The van der Waals surface area contributed by atoms with Crippen molar-refractivity contribution >= 4 is 40.4 Å². The molecule has 2 heterocycles. The molecule has 2 aromatic rings. The van der Waals surface area contributed by atoms with Gasteiger partial charge in [-0.15, -0.1) is 0 Å². The average molecular weight is 327 g/mol. The Kier molecular flexibility index (Phi) is 4.37. The summed E-state index contributed by atoms with van der Waals surface area (Å²) in [7, 11) is 0. The molecule has 1 unspecified atom stereocenters. The number of carboxylic acid groups (broad SMARTS) is 1. The van der Waals surface area contributed by atoms with Crippen LogP contribution in [0.4, 0.5) is 0 Å². The molecule has 0 saturated carbocycles. The molecular formula is C14H15ClN2O3S. The van der Waals surface area contributed by atoms with E-state index in [9.17, 15) is 4.79 Å². The second-order valence-corrected chi connectivity index (χ2v) is 6.33. The van der Waals surface area contributed by atoms with Crippen LogP contribution >= 0.6 is 23.4 Å². The molecule has 1 aromatic carbocycles. The van der Waals surface area contributed by atoms with E-state index in [0.717, 1.165) is 30.5 Å². The number of fused-ring (bicyclic) bond motifs is 1. The zero-order valence-electron chi connectivity index (χ0n) is 11.3. The van der Waals surface area contributed by atoms with Gasteiger partial charge in [0.05, 0.1) is 29.4 Å². The third kappa shape index (κ3) is 3.33. The van der Waals surface area contributed by atoms with Gasteiger partial charge >= 0.3 is 5.97 Å². The van der Waals surface area contributed by atoms with E-state index in [2.05, 4.69) is 4.98 Å². The zero-order valence-corrected chi connectivity index (χ0v) is 12.9. The number of carboxylic acids is 1. The Bertz CT molecular complexity index is 668. The van der Waals surface area contributed by atoms with Crippen LogP contribution in [0.15, 0.2) is 23.4 Å². The zero-order chi connectivity index (χ0) is 14.8. The Labute approximate surface area is 131 Å². The molecule has 1 N–H and O–H groups in total. The fourth-order valence-corrected chi connectivity index (χ4v) is 3.39. The summed E-state index contributed by atoms with van der Waals surface area (Å²) in [6, 6.07) is 5.51. The minimum absolute atomic E-state index is 0.0113. The van der Waals surface area contributed by atoms with E-state index < -0.39 is 5.97 Å². The van der Waals surface area contributed by atoms with E-state index in [0.29, 0.717) is 16.7 Å². The topological polar surface area (TPSA) is 64.3 Å². The van der Waals surface area contributed by atoms with Gasteiger partial charge in [-0.05, 0) is 31.0 Å². The summed E-state index contributed by atoms with van der Waals surface area (Å²) in [6.07, 6.45) is 2.24. The van der Waals surface area contributed by atoms with Crippen molar-refractivity contribution in [3.8, 4) is 0 Å². The third-order valence-electron chi connectivity index (χ3n) is 3.41. The lowest BCUT2D eigenvalue weighted by Crippen LogP contribution is -2.16. The third-order valence-corrected chi connectivity index (χ3v) is 4.61. The standard InChI is InChI=1S/C14H15ClN2O3S/c15-9-3-4-11-12(6-9)17(7-10-2-1-5-20-10)14(16-11)21-8-13(18)19/h3-4,6,10H,1-2,5,7-8H2,(H,18,19). The maximum absolute atomic E-state index is 10.8. The van der Waals surface area contributed by atoms with Gasteiger partial charge in [-0.1, -0.05) is 23.4 Å². The second-order valence-electron chi connectivity index (χ2n) is 4.96. The number of aliphatic carboxylic acids is 1. The first kappa shape index (κ1) is 14.7. The van der Waals surface area contributed by atoms with Gasteiger partial charge in [0.25, 0.3) is 0 Å². The molecule has 1 aromatic heterocycles. The highest BCUT2D eigenvalue weighted by Crippen LogP contribution is 2.28. The van der Waals surface area contributed by atoms with Crippen molar-refractivity contribution in [2.75, 3.05) is 12.4 Å². The number of thioether (sulfide) groups is 1. The minimum atomic E-state index is -0.853. The molecule has 112 valence electrons. The van der Waals surface area contributed by atoms with E-state index in [4.69, 9.17) is 21.4 Å². The number of halogens is 1. The van der Waals surface area contributed by atoms with Gasteiger partial charge in [0.2, 0.25) is 0 Å². The van der Waals surface area contributed by atoms with Crippen LogP contribution in [-0.4, -0.2) is 39.1 Å². The number of hydrogen-bond acceptors (Lipinski definition) is 4. The van der Waals surface area contributed by atoms with Gasteiger partial charge in [-0.25, -0.2) is 4.98 Å². The first-order chi connectivity index (χ1) is 10.1. The number of benzene rings is 1. The SMILES string of the molecule is O=C(O)CSc1nc2ccc(Cl)cc2n1CC1CCCO1. The average Bonchev–Trinajstić information content (AvgIpc) is 3.06.